The summed E-state index contributed by atoms with van der Waals surface area (Å²) >= 11 is 1.21. The third-order valence-electron chi connectivity index (χ3n) is 5.02. The van der Waals surface area contributed by atoms with E-state index in [2.05, 4.69) is 20.5 Å². The highest BCUT2D eigenvalue weighted by atomic mass is 32.1. The van der Waals surface area contributed by atoms with Crippen LogP contribution in [0.2, 0.25) is 0 Å². The highest BCUT2D eigenvalue weighted by Crippen LogP contribution is 2.39. The first-order valence-corrected chi connectivity index (χ1v) is 9.20. The number of benzene rings is 1. The molecule has 0 unspecified atom stereocenters. The zero-order valence-corrected chi connectivity index (χ0v) is 14.4. The number of halogens is 1. The van der Waals surface area contributed by atoms with Crippen molar-refractivity contribution in [1.82, 2.24) is 25.1 Å². The molecule has 0 radical (unpaired) electrons. The van der Waals surface area contributed by atoms with Crippen molar-refractivity contribution in [3.05, 3.63) is 36.9 Å². The maximum absolute atomic E-state index is 14.3. The van der Waals surface area contributed by atoms with E-state index < -0.39 is 12.3 Å². The number of piperidine rings is 1. The molecule has 1 saturated carbocycles. The molecule has 3 aromatic rings. The third kappa shape index (κ3) is 2.55. The Hall–Kier alpha value is -2.52. The van der Waals surface area contributed by atoms with Crippen LogP contribution in [0.3, 0.4) is 0 Å². The Bertz CT molecular complexity index is 929. The molecule has 1 saturated heterocycles. The minimum Gasteiger partial charge on any atom is -0.507 e. The zero-order chi connectivity index (χ0) is 17.7. The SMILES string of the molecule is Oc1cc(-n2ccnc2)ccc1-c1nnc(O[C@@H]2[C@H]3CN[C@H](C3)[C@@H]2F)s1. The summed E-state index contributed by atoms with van der Waals surface area (Å²) in [5.74, 6) is 0.261. The zero-order valence-electron chi connectivity index (χ0n) is 13.6. The maximum atomic E-state index is 14.3. The number of aromatic nitrogens is 4. The van der Waals surface area contributed by atoms with Crippen LogP contribution in [-0.2, 0) is 0 Å². The Balaban J connectivity index is 1.37. The van der Waals surface area contributed by atoms with E-state index in [0.29, 0.717) is 15.8 Å². The Morgan fingerprint density at radius 1 is 1.35 bits per heavy atom. The lowest BCUT2D eigenvalue weighted by Gasteiger charge is -2.25. The van der Waals surface area contributed by atoms with Gasteiger partial charge in [0.05, 0.1) is 17.6 Å². The second kappa shape index (κ2) is 6.03. The molecule has 7 nitrogen and oxygen atoms in total. The summed E-state index contributed by atoms with van der Waals surface area (Å²) in [4.78, 5) is 3.99. The topological polar surface area (TPSA) is 85.1 Å². The van der Waals surface area contributed by atoms with Crippen molar-refractivity contribution in [3.8, 4) is 27.2 Å². The molecule has 26 heavy (non-hydrogen) atoms. The number of alkyl halides is 1. The summed E-state index contributed by atoms with van der Waals surface area (Å²) in [6.07, 6.45) is 4.42. The van der Waals surface area contributed by atoms with Gasteiger partial charge in [-0.25, -0.2) is 9.37 Å². The minimum absolute atomic E-state index is 0.0893. The smallest absolute Gasteiger partial charge is 0.294 e. The van der Waals surface area contributed by atoms with Crippen LogP contribution < -0.4 is 10.1 Å². The van der Waals surface area contributed by atoms with Crippen LogP contribution in [0.5, 0.6) is 10.9 Å². The van der Waals surface area contributed by atoms with Gasteiger partial charge in [-0.3, -0.25) is 0 Å². The molecule has 0 spiro atoms. The number of nitrogens with zero attached hydrogens (tertiary/aromatic N) is 4. The highest BCUT2D eigenvalue weighted by Gasteiger charge is 2.50. The lowest BCUT2D eigenvalue weighted by Crippen LogP contribution is -2.45. The Kier molecular flexibility index (Phi) is 3.64. The number of rotatable bonds is 4. The monoisotopic (exact) mass is 373 g/mol. The number of phenols is 1. The first-order chi connectivity index (χ1) is 12.7. The summed E-state index contributed by atoms with van der Waals surface area (Å²) in [7, 11) is 0. The quantitative estimate of drug-likeness (QED) is 0.729. The lowest BCUT2D eigenvalue weighted by molar-refractivity contribution is 0.0652. The highest BCUT2D eigenvalue weighted by molar-refractivity contribution is 7.16. The number of hydrogen-bond acceptors (Lipinski definition) is 7. The van der Waals surface area contributed by atoms with Gasteiger partial charge in [-0.2, -0.15) is 0 Å². The lowest BCUT2D eigenvalue weighted by atomic mass is 10.1. The fraction of sp³-hybridized carbons (Fsp3) is 0.353. The molecule has 9 heteroatoms. The van der Waals surface area contributed by atoms with Gasteiger partial charge in [0.2, 0.25) is 0 Å². The summed E-state index contributed by atoms with van der Waals surface area (Å²) in [6.45, 7) is 0.776. The first-order valence-electron chi connectivity index (χ1n) is 8.38. The maximum Gasteiger partial charge on any atom is 0.294 e. The van der Waals surface area contributed by atoms with Crippen molar-refractivity contribution >= 4 is 11.3 Å². The predicted octanol–water partition coefficient (Wildman–Crippen LogP) is 2.17. The molecule has 2 fully saturated rings. The number of hydrogen-bond donors (Lipinski definition) is 2. The third-order valence-corrected chi connectivity index (χ3v) is 5.87. The van der Waals surface area contributed by atoms with Crippen LogP contribution in [0.15, 0.2) is 36.9 Å². The van der Waals surface area contributed by atoms with Crippen LogP contribution in [0, 0.1) is 5.92 Å². The molecular weight excluding hydrogens is 357 g/mol. The first kappa shape index (κ1) is 15.7. The predicted molar refractivity (Wildman–Crippen MR) is 93.3 cm³/mol. The van der Waals surface area contributed by atoms with E-state index in [4.69, 9.17) is 4.74 Å². The standard InChI is InChI=1S/C17H16FN5O2S/c18-14-12-5-9(7-20-12)15(14)25-17-22-21-16(26-17)11-2-1-10(6-13(11)24)23-4-3-19-8-23/h1-4,6,8-9,12,14-15,20,24H,5,7H2/t9-,12-,14+,15-/m1/s1. The van der Waals surface area contributed by atoms with Gasteiger partial charge in [0.25, 0.3) is 5.19 Å². The second-order valence-corrected chi connectivity index (χ2v) is 7.52. The van der Waals surface area contributed by atoms with Gasteiger partial charge < -0.3 is 19.7 Å². The summed E-state index contributed by atoms with van der Waals surface area (Å²) in [6, 6.07) is 5.15. The number of nitrogens with one attached hydrogen (secondary N) is 1. The summed E-state index contributed by atoms with van der Waals surface area (Å²) < 4.78 is 21.8. The molecule has 2 aliphatic rings. The molecule has 1 aliphatic heterocycles. The molecule has 1 aliphatic carbocycles. The average molecular weight is 373 g/mol. The van der Waals surface area contributed by atoms with Crippen molar-refractivity contribution in [2.45, 2.75) is 24.7 Å². The Morgan fingerprint density at radius 3 is 3.00 bits per heavy atom. The van der Waals surface area contributed by atoms with Crippen molar-refractivity contribution in [2.75, 3.05) is 6.54 Å². The Labute approximate surface area is 152 Å². The minimum atomic E-state index is -1.02. The van der Waals surface area contributed by atoms with Crippen molar-refractivity contribution in [3.63, 3.8) is 0 Å². The second-order valence-electron chi connectivity index (χ2n) is 6.58. The molecular formula is C17H16FN5O2S. The van der Waals surface area contributed by atoms with Crippen molar-refractivity contribution in [2.24, 2.45) is 5.92 Å². The van der Waals surface area contributed by atoms with Gasteiger partial charge in [-0.05, 0) is 18.6 Å². The fourth-order valence-corrected chi connectivity index (χ4v) is 4.47. The van der Waals surface area contributed by atoms with Crippen LogP contribution in [0.25, 0.3) is 16.3 Å². The number of fused-ring (bicyclic) bond motifs is 2. The van der Waals surface area contributed by atoms with Gasteiger partial charge in [0, 0.05) is 37.0 Å². The van der Waals surface area contributed by atoms with E-state index in [1.165, 1.54) is 11.3 Å². The Morgan fingerprint density at radius 2 is 2.27 bits per heavy atom. The van der Waals surface area contributed by atoms with Gasteiger partial charge >= 0.3 is 0 Å². The molecule has 134 valence electrons. The summed E-state index contributed by atoms with van der Waals surface area (Å²) in [5.41, 5.74) is 1.35. The normalized spacial score (nSPS) is 27.1. The van der Waals surface area contributed by atoms with E-state index in [-0.39, 0.29) is 17.7 Å². The van der Waals surface area contributed by atoms with Gasteiger partial charge in [0.15, 0.2) is 11.2 Å². The van der Waals surface area contributed by atoms with E-state index in [9.17, 15) is 9.50 Å². The van der Waals surface area contributed by atoms with E-state index in [0.717, 1.165) is 18.7 Å². The van der Waals surface area contributed by atoms with Crippen molar-refractivity contribution in [1.29, 1.82) is 0 Å². The van der Waals surface area contributed by atoms with Crippen LogP contribution in [0.1, 0.15) is 6.42 Å². The fourth-order valence-electron chi connectivity index (χ4n) is 3.69. The van der Waals surface area contributed by atoms with E-state index in [1.54, 1.807) is 35.4 Å². The van der Waals surface area contributed by atoms with E-state index in [1.807, 2.05) is 6.07 Å². The molecule has 2 bridgehead atoms. The molecule has 5 rings (SSSR count). The molecule has 2 aromatic heterocycles. The average Bonchev–Trinajstić information content (AvgIpc) is 3.42. The van der Waals surface area contributed by atoms with Gasteiger partial charge in [-0.1, -0.05) is 16.4 Å². The number of ether oxygens (including phenoxy) is 1. The van der Waals surface area contributed by atoms with Crippen molar-refractivity contribution < 1.29 is 14.2 Å². The van der Waals surface area contributed by atoms with Crippen LogP contribution in [-0.4, -0.2) is 49.7 Å². The van der Waals surface area contributed by atoms with Crippen LogP contribution in [0.4, 0.5) is 4.39 Å². The molecule has 4 atom stereocenters. The number of aromatic hydroxyl groups is 1. The van der Waals surface area contributed by atoms with Gasteiger partial charge in [0.1, 0.15) is 11.9 Å². The van der Waals surface area contributed by atoms with Crippen LogP contribution >= 0.6 is 11.3 Å². The molecule has 1 aromatic carbocycles. The summed E-state index contributed by atoms with van der Waals surface area (Å²) in [5, 5.41) is 22.5. The molecule has 2 N–H and O–H groups in total. The largest absolute Gasteiger partial charge is 0.507 e. The molecule has 0 amide bonds. The number of phenolic OH excluding ortho intramolecular Hbond substituents is 1. The van der Waals surface area contributed by atoms with Gasteiger partial charge in [-0.15, -0.1) is 5.10 Å². The molecule has 3 heterocycles. The number of imidazole rings is 1. The van der Waals surface area contributed by atoms with E-state index >= 15 is 0 Å².